The van der Waals surface area contributed by atoms with Gasteiger partial charge in [0.15, 0.2) is 0 Å². The summed E-state index contributed by atoms with van der Waals surface area (Å²) in [4.78, 5) is 0. The van der Waals surface area contributed by atoms with Crippen molar-refractivity contribution >= 4 is 15.9 Å². The van der Waals surface area contributed by atoms with Crippen LogP contribution >= 0.6 is 0 Å². The lowest BCUT2D eigenvalue weighted by Crippen LogP contribution is -2.33. The van der Waals surface area contributed by atoms with Crippen molar-refractivity contribution in [3.8, 4) is 0 Å². The standard InChI is InChI=1S/C8H13N3O2S/c1-6(11-14(10,12)13)7-4-2-3-5-8(7)9/h2-6,11H,9H2,1H3,(H2,10,12,13). The predicted octanol–water partition coefficient (Wildman–Crippen LogP) is 0.123. The van der Waals surface area contributed by atoms with E-state index in [1.54, 1.807) is 31.2 Å². The van der Waals surface area contributed by atoms with Crippen LogP contribution in [0.5, 0.6) is 0 Å². The molecule has 1 aromatic carbocycles. The quantitative estimate of drug-likeness (QED) is 0.625. The molecule has 0 spiro atoms. The molecule has 0 radical (unpaired) electrons. The largest absolute Gasteiger partial charge is 0.398 e. The number of hydrogen-bond acceptors (Lipinski definition) is 3. The highest BCUT2D eigenvalue weighted by Gasteiger charge is 2.12. The molecule has 1 atom stereocenters. The highest BCUT2D eigenvalue weighted by atomic mass is 32.2. The summed E-state index contributed by atoms with van der Waals surface area (Å²) < 4.78 is 23.8. The van der Waals surface area contributed by atoms with Crippen molar-refractivity contribution in [2.24, 2.45) is 5.14 Å². The van der Waals surface area contributed by atoms with Crippen molar-refractivity contribution in [3.05, 3.63) is 29.8 Å². The summed E-state index contributed by atoms with van der Waals surface area (Å²) in [5, 5.41) is 4.84. The number of nitrogen functional groups attached to an aromatic ring is 1. The maximum Gasteiger partial charge on any atom is 0.274 e. The number of nitrogens with one attached hydrogen (secondary N) is 1. The second kappa shape index (κ2) is 3.95. The summed E-state index contributed by atoms with van der Waals surface area (Å²) in [5.41, 5.74) is 6.91. The molecule has 5 nitrogen and oxygen atoms in total. The maximum atomic E-state index is 10.8. The zero-order valence-corrected chi connectivity index (χ0v) is 8.58. The van der Waals surface area contributed by atoms with Crippen LogP contribution in [0.4, 0.5) is 5.69 Å². The molecule has 0 bridgehead atoms. The molecular formula is C8H13N3O2S. The van der Waals surface area contributed by atoms with E-state index in [9.17, 15) is 8.42 Å². The third kappa shape index (κ3) is 2.99. The van der Waals surface area contributed by atoms with Gasteiger partial charge in [-0.05, 0) is 18.6 Å². The molecule has 0 aliphatic heterocycles. The summed E-state index contributed by atoms with van der Waals surface area (Å²) in [7, 11) is -3.69. The highest BCUT2D eigenvalue weighted by Crippen LogP contribution is 2.19. The molecule has 0 amide bonds. The van der Waals surface area contributed by atoms with Gasteiger partial charge in [-0.1, -0.05) is 18.2 Å². The second-order valence-corrected chi connectivity index (χ2v) is 4.34. The Balaban J connectivity index is 2.90. The third-order valence-corrected chi connectivity index (χ3v) is 2.49. The van der Waals surface area contributed by atoms with Crippen LogP contribution in [0.25, 0.3) is 0 Å². The lowest BCUT2D eigenvalue weighted by molar-refractivity contribution is 0.569. The molecule has 0 aliphatic rings. The first-order chi connectivity index (χ1) is 6.40. The summed E-state index contributed by atoms with van der Waals surface area (Å²) in [6.07, 6.45) is 0. The van der Waals surface area contributed by atoms with E-state index < -0.39 is 16.3 Å². The fraction of sp³-hybridized carbons (Fsp3) is 0.250. The van der Waals surface area contributed by atoms with E-state index >= 15 is 0 Å². The molecule has 0 saturated heterocycles. The first-order valence-corrected chi connectivity index (χ1v) is 5.59. The highest BCUT2D eigenvalue weighted by molar-refractivity contribution is 7.87. The fourth-order valence-corrected chi connectivity index (χ4v) is 1.83. The number of nitrogens with two attached hydrogens (primary N) is 2. The van der Waals surface area contributed by atoms with Gasteiger partial charge in [-0.15, -0.1) is 0 Å². The van der Waals surface area contributed by atoms with Crippen LogP contribution in [0, 0.1) is 0 Å². The summed E-state index contributed by atoms with van der Waals surface area (Å²) in [5.74, 6) is 0. The van der Waals surface area contributed by atoms with Crippen LogP contribution in [-0.2, 0) is 10.2 Å². The van der Waals surface area contributed by atoms with Gasteiger partial charge in [0.1, 0.15) is 0 Å². The molecule has 5 N–H and O–H groups in total. The van der Waals surface area contributed by atoms with Gasteiger partial charge < -0.3 is 5.73 Å². The van der Waals surface area contributed by atoms with E-state index in [0.29, 0.717) is 11.3 Å². The summed E-state index contributed by atoms with van der Waals surface area (Å²) >= 11 is 0. The van der Waals surface area contributed by atoms with Gasteiger partial charge in [0.2, 0.25) is 0 Å². The molecule has 1 rings (SSSR count). The minimum Gasteiger partial charge on any atom is -0.398 e. The normalized spacial score (nSPS) is 13.9. The van der Waals surface area contributed by atoms with Gasteiger partial charge in [-0.2, -0.15) is 13.1 Å². The smallest absolute Gasteiger partial charge is 0.274 e. The number of hydrogen-bond donors (Lipinski definition) is 3. The molecule has 0 aliphatic carbocycles. The topological polar surface area (TPSA) is 98.2 Å². The van der Waals surface area contributed by atoms with Crippen LogP contribution < -0.4 is 15.6 Å². The third-order valence-electron chi connectivity index (χ3n) is 1.80. The van der Waals surface area contributed by atoms with Gasteiger partial charge in [0.25, 0.3) is 10.2 Å². The van der Waals surface area contributed by atoms with E-state index in [-0.39, 0.29) is 0 Å². The van der Waals surface area contributed by atoms with Gasteiger partial charge in [-0.3, -0.25) is 0 Å². The van der Waals surface area contributed by atoms with Crippen LogP contribution in [-0.4, -0.2) is 8.42 Å². The first-order valence-electron chi connectivity index (χ1n) is 4.04. The molecule has 0 saturated carbocycles. The zero-order valence-electron chi connectivity index (χ0n) is 7.77. The minimum atomic E-state index is -3.69. The molecular weight excluding hydrogens is 202 g/mol. The first kappa shape index (κ1) is 11.0. The van der Waals surface area contributed by atoms with E-state index in [2.05, 4.69) is 4.72 Å². The van der Waals surface area contributed by atoms with Gasteiger partial charge in [0, 0.05) is 11.7 Å². The van der Waals surface area contributed by atoms with E-state index in [4.69, 9.17) is 10.9 Å². The Morgan fingerprint density at radius 1 is 1.36 bits per heavy atom. The van der Waals surface area contributed by atoms with Crippen LogP contribution in [0.15, 0.2) is 24.3 Å². The van der Waals surface area contributed by atoms with E-state index in [1.165, 1.54) is 0 Å². The second-order valence-electron chi connectivity index (χ2n) is 3.01. The lowest BCUT2D eigenvalue weighted by atomic mass is 10.1. The molecule has 1 aromatic rings. The molecule has 14 heavy (non-hydrogen) atoms. The zero-order chi connectivity index (χ0) is 10.8. The van der Waals surface area contributed by atoms with Crippen molar-refractivity contribution in [1.82, 2.24) is 4.72 Å². The molecule has 0 fully saturated rings. The van der Waals surface area contributed by atoms with Crippen LogP contribution in [0.3, 0.4) is 0 Å². The Hall–Kier alpha value is -1.11. The van der Waals surface area contributed by atoms with Gasteiger partial charge in [0.05, 0.1) is 0 Å². The van der Waals surface area contributed by atoms with Crippen molar-refractivity contribution < 1.29 is 8.42 Å². The lowest BCUT2D eigenvalue weighted by Gasteiger charge is -2.13. The van der Waals surface area contributed by atoms with E-state index in [1.807, 2.05) is 0 Å². The molecule has 0 aromatic heterocycles. The number of para-hydroxylation sites is 1. The van der Waals surface area contributed by atoms with Crippen LogP contribution in [0.1, 0.15) is 18.5 Å². The van der Waals surface area contributed by atoms with Crippen LogP contribution in [0.2, 0.25) is 0 Å². The fourth-order valence-electron chi connectivity index (χ4n) is 1.22. The SMILES string of the molecule is CC(NS(N)(=O)=O)c1ccccc1N. The Morgan fingerprint density at radius 2 is 1.93 bits per heavy atom. The molecule has 6 heteroatoms. The van der Waals surface area contributed by atoms with E-state index in [0.717, 1.165) is 0 Å². The average Bonchev–Trinajstić information content (AvgIpc) is 2.01. The Labute approximate surface area is 83.3 Å². The number of benzene rings is 1. The van der Waals surface area contributed by atoms with Crippen molar-refractivity contribution in [2.75, 3.05) is 5.73 Å². The Bertz CT molecular complexity index is 416. The monoisotopic (exact) mass is 215 g/mol. The van der Waals surface area contributed by atoms with Gasteiger partial charge in [-0.25, -0.2) is 5.14 Å². The molecule has 1 unspecified atom stereocenters. The maximum absolute atomic E-state index is 10.8. The molecule has 0 heterocycles. The summed E-state index contributed by atoms with van der Waals surface area (Å²) in [6.45, 7) is 1.68. The Kier molecular flexibility index (Phi) is 3.10. The average molecular weight is 215 g/mol. The van der Waals surface area contributed by atoms with Crippen molar-refractivity contribution in [1.29, 1.82) is 0 Å². The van der Waals surface area contributed by atoms with Crippen molar-refractivity contribution in [3.63, 3.8) is 0 Å². The molecule has 78 valence electrons. The minimum absolute atomic E-state index is 0.425. The van der Waals surface area contributed by atoms with Crippen molar-refractivity contribution in [2.45, 2.75) is 13.0 Å². The van der Waals surface area contributed by atoms with Gasteiger partial charge >= 0.3 is 0 Å². The number of rotatable bonds is 3. The predicted molar refractivity (Wildman–Crippen MR) is 55.5 cm³/mol. The number of anilines is 1. The Morgan fingerprint density at radius 3 is 2.43 bits per heavy atom. The summed E-state index contributed by atoms with van der Waals surface area (Å²) in [6, 6.07) is 6.59.